The van der Waals surface area contributed by atoms with Gasteiger partial charge in [0, 0.05) is 18.1 Å². The van der Waals surface area contributed by atoms with Gasteiger partial charge in [-0.25, -0.2) is 0 Å². The van der Waals surface area contributed by atoms with E-state index in [9.17, 15) is 0 Å². The van der Waals surface area contributed by atoms with Crippen molar-refractivity contribution >= 4 is 21.6 Å². The van der Waals surface area contributed by atoms with E-state index in [1.54, 1.807) is 7.11 Å². The van der Waals surface area contributed by atoms with Crippen LogP contribution in [0.1, 0.15) is 6.92 Å². The zero-order valence-electron chi connectivity index (χ0n) is 6.20. The summed E-state index contributed by atoms with van der Waals surface area (Å²) in [6, 6.07) is 0. The molecule has 60 valence electrons. The Kier molecular flexibility index (Phi) is 3.91. The molecule has 0 N–H and O–H groups in total. The van der Waals surface area contributed by atoms with Gasteiger partial charge in [0.25, 0.3) is 0 Å². The van der Waals surface area contributed by atoms with Crippen molar-refractivity contribution in [2.45, 2.75) is 18.3 Å². The molecule has 1 saturated heterocycles. The highest BCUT2D eigenvalue weighted by Gasteiger charge is 2.25. The minimum Gasteiger partial charge on any atom is -0.359 e. The molecule has 10 heavy (non-hydrogen) atoms. The van der Waals surface area contributed by atoms with E-state index in [0.717, 1.165) is 5.75 Å². The monoisotopic (exact) mass is 180 g/mol. The second-order valence-corrected chi connectivity index (χ2v) is 4.99. The molecule has 1 fully saturated rings. The van der Waals surface area contributed by atoms with E-state index in [2.05, 4.69) is 6.92 Å². The van der Waals surface area contributed by atoms with E-state index in [1.807, 2.05) is 21.6 Å². The van der Waals surface area contributed by atoms with E-state index in [0.29, 0.717) is 18.1 Å². The minimum absolute atomic E-state index is 0.384. The van der Waals surface area contributed by atoms with Crippen molar-refractivity contribution in [3.63, 3.8) is 0 Å². The maximum Gasteiger partial charge on any atom is 0.146 e. The Bertz CT molecular complexity index is 99.7. The SMILES string of the molecule is COCOC1CSSC1C. The Morgan fingerprint density at radius 3 is 2.90 bits per heavy atom. The summed E-state index contributed by atoms with van der Waals surface area (Å²) < 4.78 is 10.2. The van der Waals surface area contributed by atoms with Crippen molar-refractivity contribution < 1.29 is 9.47 Å². The molecule has 0 spiro atoms. The standard InChI is InChI=1S/C6H12O2S2/c1-5-6(3-9-10-5)8-4-7-2/h5-6H,3-4H2,1-2H3. The van der Waals surface area contributed by atoms with Crippen LogP contribution in [0.4, 0.5) is 0 Å². The fourth-order valence-electron chi connectivity index (χ4n) is 0.750. The lowest BCUT2D eigenvalue weighted by Crippen LogP contribution is -2.22. The number of rotatable bonds is 3. The molecule has 0 amide bonds. The lowest BCUT2D eigenvalue weighted by atomic mass is 10.3. The van der Waals surface area contributed by atoms with Gasteiger partial charge < -0.3 is 9.47 Å². The molecular formula is C6H12O2S2. The Labute approximate surface area is 69.4 Å². The lowest BCUT2D eigenvalue weighted by molar-refractivity contribution is -0.0615. The van der Waals surface area contributed by atoms with E-state index in [4.69, 9.17) is 9.47 Å². The average molecular weight is 180 g/mol. The molecule has 1 aliphatic heterocycles. The van der Waals surface area contributed by atoms with Crippen molar-refractivity contribution in [2.75, 3.05) is 19.7 Å². The van der Waals surface area contributed by atoms with Crippen LogP contribution in [0.25, 0.3) is 0 Å². The second-order valence-electron chi connectivity index (χ2n) is 2.20. The largest absolute Gasteiger partial charge is 0.359 e. The van der Waals surface area contributed by atoms with Crippen molar-refractivity contribution in [2.24, 2.45) is 0 Å². The normalized spacial score (nSPS) is 33.0. The molecule has 4 heteroatoms. The van der Waals surface area contributed by atoms with Gasteiger partial charge in [-0.15, -0.1) is 0 Å². The lowest BCUT2D eigenvalue weighted by Gasteiger charge is -2.12. The fraction of sp³-hybridized carbons (Fsp3) is 1.00. The van der Waals surface area contributed by atoms with Gasteiger partial charge >= 0.3 is 0 Å². The molecule has 2 atom stereocenters. The zero-order valence-corrected chi connectivity index (χ0v) is 7.83. The fourth-order valence-corrected chi connectivity index (χ4v) is 3.64. The van der Waals surface area contributed by atoms with Crippen LogP contribution in [0.15, 0.2) is 0 Å². The van der Waals surface area contributed by atoms with Gasteiger partial charge in [0.05, 0.1) is 6.10 Å². The smallest absolute Gasteiger partial charge is 0.146 e. The van der Waals surface area contributed by atoms with Gasteiger partial charge in [-0.1, -0.05) is 21.6 Å². The van der Waals surface area contributed by atoms with Crippen LogP contribution in [0.3, 0.4) is 0 Å². The molecular weight excluding hydrogens is 168 g/mol. The Morgan fingerprint density at radius 1 is 1.60 bits per heavy atom. The third kappa shape index (κ3) is 2.34. The van der Waals surface area contributed by atoms with Gasteiger partial charge in [0.2, 0.25) is 0 Å². The summed E-state index contributed by atoms with van der Waals surface area (Å²) >= 11 is 0. The summed E-state index contributed by atoms with van der Waals surface area (Å²) in [5, 5.41) is 0.611. The molecule has 0 aliphatic carbocycles. The third-order valence-electron chi connectivity index (χ3n) is 1.38. The summed E-state index contributed by atoms with van der Waals surface area (Å²) in [4.78, 5) is 0. The quantitative estimate of drug-likeness (QED) is 0.486. The molecule has 1 heterocycles. The predicted molar refractivity (Wildman–Crippen MR) is 46.3 cm³/mol. The summed E-state index contributed by atoms with van der Waals surface area (Å²) in [7, 11) is 5.42. The van der Waals surface area contributed by atoms with E-state index < -0.39 is 0 Å². The van der Waals surface area contributed by atoms with Crippen molar-refractivity contribution in [3.05, 3.63) is 0 Å². The van der Waals surface area contributed by atoms with Crippen LogP contribution >= 0.6 is 21.6 Å². The highest BCUT2D eigenvalue weighted by molar-refractivity contribution is 8.77. The van der Waals surface area contributed by atoms with Gasteiger partial charge in [-0.05, 0) is 6.92 Å². The second kappa shape index (κ2) is 4.49. The first-order valence-electron chi connectivity index (χ1n) is 3.23. The van der Waals surface area contributed by atoms with Crippen LogP contribution in [0.5, 0.6) is 0 Å². The van der Waals surface area contributed by atoms with Gasteiger partial charge in [-0.2, -0.15) is 0 Å². The molecule has 2 nitrogen and oxygen atoms in total. The average Bonchev–Trinajstić information content (AvgIpc) is 2.31. The van der Waals surface area contributed by atoms with E-state index >= 15 is 0 Å². The maximum atomic E-state index is 5.40. The van der Waals surface area contributed by atoms with Gasteiger partial charge in [-0.3, -0.25) is 0 Å². The number of methoxy groups -OCH3 is 1. The van der Waals surface area contributed by atoms with Crippen LogP contribution in [0, 0.1) is 0 Å². The van der Waals surface area contributed by atoms with Gasteiger partial charge in [0.1, 0.15) is 6.79 Å². The Morgan fingerprint density at radius 2 is 2.40 bits per heavy atom. The van der Waals surface area contributed by atoms with Gasteiger partial charge in [0.15, 0.2) is 0 Å². The molecule has 1 rings (SSSR count). The Balaban J connectivity index is 2.14. The number of hydrogen-bond donors (Lipinski definition) is 0. The molecule has 2 unspecified atom stereocenters. The number of hydrogen-bond acceptors (Lipinski definition) is 4. The molecule has 0 aromatic carbocycles. The number of ether oxygens (including phenoxy) is 2. The minimum atomic E-state index is 0.384. The first-order valence-corrected chi connectivity index (χ1v) is 5.61. The first-order chi connectivity index (χ1) is 4.84. The highest BCUT2D eigenvalue weighted by Crippen LogP contribution is 2.38. The van der Waals surface area contributed by atoms with Crippen molar-refractivity contribution in [1.29, 1.82) is 0 Å². The molecule has 0 aromatic rings. The molecule has 0 bridgehead atoms. The Hall–Kier alpha value is 0.620. The zero-order chi connectivity index (χ0) is 7.40. The molecule has 0 radical (unpaired) electrons. The van der Waals surface area contributed by atoms with Crippen LogP contribution in [-0.4, -0.2) is 31.0 Å². The molecule has 1 aliphatic rings. The van der Waals surface area contributed by atoms with Crippen molar-refractivity contribution in [3.8, 4) is 0 Å². The summed E-state index contributed by atoms with van der Waals surface area (Å²) in [5.41, 5.74) is 0. The van der Waals surface area contributed by atoms with Crippen LogP contribution in [-0.2, 0) is 9.47 Å². The van der Waals surface area contributed by atoms with Crippen LogP contribution in [0.2, 0.25) is 0 Å². The van der Waals surface area contributed by atoms with Crippen LogP contribution < -0.4 is 0 Å². The summed E-state index contributed by atoms with van der Waals surface area (Å²) in [6.45, 7) is 2.61. The summed E-state index contributed by atoms with van der Waals surface area (Å²) in [6.07, 6.45) is 0.384. The third-order valence-corrected chi connectivity index (χ3v) is 4.31. The summed E-state index contributed by atoms with van der Waals surface area (Å²) in [5.74, 6) is 1.09. The van der Waals surface area contributed by atoms with Crippen molar-refractivity contribution in [1.82, 2.24) is 0 Å². The topological polar surface area (TPSA) is 18.5 Å². The van der Waals surface area contributed by atoms with E-state index in [-0.39, 0.29) is 0 Å². The molecule has 0 aromatic heterocycles. The maximum absolute atomic E-state index is 5.40. The highest BCUT2D eigenvalue weighted by atomic mass is 33.1. The predicted octanol–water partition coefficient (Wildman–Crippen LogP) is 1.76. The van der Waals surface area contributed by atoms with E-state index in [1.165, 1.54) is 0 Å². The molecule has 0 saturated carbocycles. The first kappa shape index (κ1) is 8.71.